The van der Waals surface area contributed by atoms with E-state index >= 15 is 0 Å². The van der Waals surface area contributed by atoms with E-state index in [1.54, 1.807) is 0 Å². The molecule has 1 aromatic heterocycles. The van der Waals surface area contributed by atoms with Gasteiger partial charge < -0.3 is 4.90 Å². The molecule has 1 heterocycles. The number of H-pyrrole nitrogens is 1. The van der Waals surface area contributed by atoms with E-state index in [2.05, 4.69) is 15.2 Å². The molecule has 0 unspecified atom stereocenters. The molecule has 0 radical (unpaired) electrons. The first-order valence-electron chi connectivity index (χ1n) is 7.38. The van der Waals surface area contributed by atoms with E-state index in [4.69, 9.17) is 11.6 Å². The van der Waals surface area contributed by atoms with E-state index < -0.39 is 0 Å². The van der Waals surface area contributed by atoms with E-state index in [1.807, 2.05) is 49.9 Å². The Balaban J connectivity index is 2.01. The highest BCUT2D eigenvalue weighted by Gasteiger charge is 2.18. The molecule has 0 atom stereocenters. The second-order valence-corrected chi connectivity index (χ2v) is 5.95. The minimum absolute atomic E-state index is 0.0809. The molecule has 0 aliphatic rings. The van der Waals surface area contributed by atoms with Gasteiger partial charge in [-0.25, -0.2) is 4.98 Å². The summed E-state index contributed by atoms with van der Waals surface area (Å²) in [5.41, 5.74) is 0.958. The summed E-state index contributed by atoms with van der Waals surface area (Å²) < 4.78 is 0. The monoisotopic (exact) mass is 320 g/mol. The highest BCUT2D eigenvalue weighted by atomic mass is 35.5. The van der Waals surface area contributed by atoms with Crippen LogP contribution in [-0.4, -0.2) is 32.0 Å². The van der Waals surface area contributed by atoms with Crippen LogP contribution < -0.4 is 0 Å². The molecule has 0 aliphatic heterocycles. The number of nitrogens with zero attached hydrogens (tertiary/aromatic N) is 3. The van der Waals surface area contributed by atoms with Crippen molar-refractivity contribution in [1.82, 2.24) is 20.1 Å². The molecular formula is C16H21ClN4O. The number of nitrogens with one attached hydrogen (secondary N) is 1. The van der Waals surface area contributed by atoms with Crippen molar-refractivity contribution in [3.63, 3.8) is 0 Å². The average Bonchev–Trinajstić information content (AvgIpc) is 2.89. The first-order chi connectivity index (χ1) is 10.5. The quantitative estimate of drug-likeness (QED) is 0.889. The summed E-state index contributed by atoms with van der Waals surface area (Å²) in [5, 5.41) is 7.54. The van der Waals surface area contributed by atoms with Gasteiger partial charge in [0.15, 0.2) is 5.82 Å². The van der Waals surface area contributed by atoms with Crippen LogP contribution in [0.4, 0.5) is 0 Å². The van der Waals surface area contributed by atoms with Crippen molar-refractivity contribution in [3.05, 3.63) is 46.5 Å². The molecule has 0 saturated carbocycles. The number of aromatic amines is 1. The smallest absolute Gasteiger partial charge is 0.223 e. The average molecular weight is 321 g/mol. The fourth-order valence-electron chi connectivity index (χ4n) is 2.23. The van der Waals surface area contributed by atoms with Crippen molar-refractivity contribution in [2.24, 2.45) is 0 Å². The molecule has 118 valence electrons. The molecule has 2 rings (SSSR count). The Morgan fingerprint density at radius 2 is 2.09 bits per heavy atom. The third kappa shape index (κ3) is 4.31. The predicted octanol–water partition coefficient (Wildman–Crippen LogP) is 3.14. The zero-order valence-corrected chi connectivity index (χ0v) is 13.9. The van der Waals surface area contributed by atoms with Crippen LogP contribution in [0.1, 0.15) is 37.5 Å². The SMILES string of the molecule is Cc1nc(CCC(=O)N(Cc2ccccc2Cl)C(C)C)n[nH]1. The molecule has 5 nitrogen and oxygen atoms in total. The van der Waals surface area contributed by atoms with E-state index in [-0.39, 0.29) is 11.9 Å². The van der Waals surface area contributed by atoms with Crippen LogP contribution >= 0.6 is 11.6 Å². The lowest BCUT2D eigenvalue weighted by Crippen LogP contribution is -2.36. The standard InChI is InChI=1S/C16H21ClN4O/c1-11(2)21(10-13-6-4-5-7-14(13)17)16(22)9-8-15-18-12(3)19-20-15/h4-7,11H,8-10H2,1-3H3,(H,18,19,20). The fourth-order valence-corrected chi connectivity index (χ4v) is 2.43. The second-order valence-electron chi connectivity index (χ2n) is 5.54. The second kappa shape index (κ2) is 7.40. The molecule has 0 spiro atoms. The van der Waals surface area contributed by atoms with Crippen LogP contribution in [0.3, 0.4) is 0 Å². The summed E-state index contributed by atoms with van der Waals surface area (Å²) in [5.74, 6) is 1.52. The van der Waals surface area contributed by atoms with Gasteiger partial charge in [-0.2, -0.15) is 5.10 Å². The van der Waals surface area contributed by atoms with Crippen molar-refractivity contribution in [2.45, 2.75) is 46.2 Å². The largest absolute Gasteiger partial charge is 0.336 e. The minimum Gasteiger partial charge on any atom is -0.336 e. The molecular weight excluding hydrogens is 300 g/mol. The van der Waals surface area contributed by atoms with Gasteiger partial charge in [-0.1, -0.05) is 29.8 Å². The molecule has 0 saturated heterocycles. The summed E-state index contributed by atoms with van der Waals surface area (Å²) in [6, 6.07) is 7.72. The molecule has 0 bridgehead atoms. The Bertz CT molecular complexity index is 639. The number of rotatable bonds is 6. The highest BCUT2D eigenvalue weighted by molar-refractivity contribution is 6.31. The number of hydrogen-bond acceptors (Lipinski definition) is 3. The van der Waals surface area contributed by atoms with Gasteiger partial charge in [-0.3, -0.25) is 9.89 Å². The van der Waals surface area contributed by atoms with Crippen molar-refractivity contribution in [3.8, 4) is 0 Å². The van der Waals surface area contributed by atoms with Gasteiger partial charge >= 0.3 is 0 Å². The van der Waals surface area contributed by atoms with E-state index in [1.165, 1.54) is 0 Å². The molecule has 1 N–H and O–H groups in total. The molecule has 1 amide bonds. The summed E-state index contributed by atoms with van der Waals surface area (Å²) in [4.78, 5) is 18.6. The summed E-state index contributed by atoms with van der Waals surface area (Å²) in [6.45, 7) is 6.37. The van der Waals surface area contributed by atoms with Crippen LogP contribution in [0.5, 0.6) is 0 Å². The van der Waals surface area contributed by atoms with Gasteiger partial charge in [0.2, 0.25) is 5.91 Å². The van der Waals surface area contributed by atoms with E-state index in [0.717, 1.165) is 11.4 Å². The third-order valence-corrected chi connectivity index (χ3v) is 3.82. The first kappa shape index (κ1) is 16.5. The van der Waals surface area contributed by atoms with E-state index in [9.17, 15) is 4.79 Å². The Morgan fingerprint density at radius 3 is 2.68 bits per heavy atom. The predicted molar refractivity (Wildman–Crippen MR) is 86.6 cm³/mol. The molecule has 0 fully saturated rings. The number of hydrogen-bond donors (Lipinski definition) is 1. The normalized spacial score (nSPS) is 11.0. The van der Waals surface area contributed by atoms with Gasteiger partial charge in [0.1, 0.15) is 5.82 Å². The highest BCUT2D eigenvalue weighted by Crippen LogP contribution is 2.19. The molecule has 0 aliphatic carbocycles. The summed E-state index contributed by atoms with van der Waals surface area (Å²) in [6.07, 6.45) is 0.925. The number of carbonyl (C=O) groups is 1. The van der Waals surface area contributed by atoms with Crippen LogP contribution in [0.25, 0.3) is 0 Å². The topological polar surface area (TPSA) is 61.9 Å². The fraction of sp³-hybridized carbons (Fsp3) is 0.438. The van der Waals surface area contributed by atoms with Gasteiger partial charge in [0.05, 0.1) is 0 Å². The maximum absolute atomic E-state index is 12.5. The molecule has 1 aromatic carbocycles. The van der Waals surface area contributed by atoms with Gasteiger partial charge in [0.25, 0.3) is 0 Å². The Hall–Kier alpha value is -1.88. The third-order valence-electron chi connectivity index (χ3n) is 3.45. The maximum Gasteiger partial charge on any atom is 0.223 e. The lowest BCUT2D eigenvalue weighted by Gasteiger charge is -2.27. The minimum atomic E-state index is 0.0809. The Kier molecular flexibility index (Phi) is 5.55. The van der Waals surface area contributed by atoms with Crippen LogP contribution in [-0.2, 0) is 17.8 Å². The number of halogens is 1. The number of amides is 1. The number of carbonyl (C=O) groups excluding carboxylic acids is 1. The Labute approximate surface area is 135 Å². The zero-order valence-electron chi connectivity index (χ0n) is 13.1. The number of benzene rings is 1. The summed E-state index contributed by atoms with van der Waals surface area (Å²) >= 11 is 6.19. The van der Waals surface area contributed by atoms with Gasteiger partial charge in [0, 0.05) is 30.5 Å². The number of aryl methyl sites for hydroxylation is 2. The van der Waals surface area contributed by atoms with Crippen LogP contribution in [0.2, 0.25) is 5.02 Å². The number of aromatic nitrogens is 3. The first-order valence-corrected chi connectivity index (χ1v) is 7.76. The van der Waals surface area contributed by atoms with Crippen molar-refractivity contribution in [2.75, 3.05) is 0 Å². The lowest BCUT2D eigenvalue weighted by molar-refractivity contribution is -0.133. The molecule has 22 heavy (non-hydrogen) atoms. The van der Waals surface area contributed by atoms with Crippen molar-refractivity contribution >= 4 is 17.5 Å². The molecule has 2 aromatic rings. The van der Waals surface area contributed by atoms with Gasteiger partial charge in [-0.05, 0) is 32.4 Å². The van der Waals surface area contributed by atoms with Crippen LogP contribution in [0.15, 0.2) is 24.3 Å². The van der Waals surface area contributed by atoms with Crippen LogP contribution in [0, 0.1) is 6.92 Å². The maximum atomic E-state index is 12.5. The Morgan fingerprint density at radius 1 is 1.36 bits per heavy atom. The van der Waals surface area contributed by atoms with Crippen molar-refractivity contribution in [1.29, 1.82) is 0 Å². The molecule has 6 heteroatoms. The van der Waals surface area contributed by atoms with Crippen molar-refractivity contribution < 1.29 is 4.79 Å². The summed E-state index contributed by atoms with van der Waals surface area (Å²) in [7, 11) is 0. The van der Waals surface area contributed by atoms with Gasteiger partial charge in [-0.15, -0.1) is 0 Å². The lowest BCUT2D eigenvalue weighted by atomic mass is 10.1. The zero-order chi connectivity index (χ0) is 16.1. The van der Waals surface area contributed by atoms with E-state index in [0.29, 0.717) is 30.2 Å².